The monoisotopic (exact) mass is 292 g/mol. The average Bonchev–Trinajstić information content (AvgIpc) is 2.45. The number of amides is 2. The Morgan fingerprint density at radius 3 is 2.33 bits per heavy atom. The highest BCUT2D eigenvalue weighted by molar-refractivity contribution is 5.89. The van der Waals surface area contributed by atoms with Gasteiger partial charge in [-0.15, -0.1) is 0 Å². The second kappa shape index (κ2) is 9.00. The van der Waals surface area contributed by atoms with Gasteiger partial charge in [0.15, 0.2) is 0 Å². The zero-order valence-corrected chi connectivity index (χ0v) is 12.7. The molecule has 5 nitrogen and oxygen atoms in total. The van der Waals surface area contributed by atoms with E-state index < -0.39 is 11.9 Å². The minimum Gasteiger partial charge on any atom is -0.481 e. The fourth-order valence-electron chi connectivity index (χ4n) is 2.10. The van der Waals surface area contributed by atoms with E-state index in [1.807, 2.05) is 31.2 Å². The number of carbonyl (C=O) groups excluding carboxylic acids is 1. The van der Waals surface area contributed by atoms with Crippen molar-refractivity contribution >= 4 is 17.7 Å². The molecule has 0 spiro atoms. The molecule has 0 aliphatic rings. The van der Waals surface area contributed by atoms with Gasteiger partial charge in [-0.3, -0.25) is 4.79 Å². The summed E-state index contributed by atoms with van der Waals surface area (Å²) in [6.45, 7) is 4.19. The molecular weight excluding hydrogens is 268 g/mol. The van der Waals surface area contributed by atoms with Gasteiger partial charge in [0.05, 0.1) is 5.92 Å². The van der Waals surface area contributed by atoms with Crippen LogP contribution in [0.4, 0.5) is 10.5 Å². The summed E-state index contributed by atoms with van der Waals surface area (Å²) in [6.07, 6.45) is 3.44. The molecule has 2 amide bonds. The average molecular weight is 292 g/mol. The summed E-state index contributed by atoms with van der Waals surface area (Å²) < 4.78 is 0. The van der Waals surface area contributed by atoms with Crippen LogP contribution >= 0.6 is 0 Å². The molecule has 3 N–H and O–H groups in total. The number of aliphatic carboxylic acids is 1. The molecule has 0 bridgehead atoms. The quantitative estimate of drug-likeness (QED) is 0.688. The highest BCUT2D eigenvalue weighted by atomic mass is 16.4. The molecule has 21 heavy (non-hydrogen) atoms. The van der Waals surface area contributed by atoms with E-state index in [9.17, 15) is 9.59 Å². The molecule has 0 fully saturated rings. The summed E-state index contributed by atoms with van der Waals surface area (Å²) in [7, 11) is 0. The second-order valence-electron chi connectivity index (χ2n) is 5.11. The highest BCUT2D eigenvalue weighted by Gasteiger charge is 2.17. The number of carboxylic acid groups (broad SMARTS) is 1. The third-order valence-corrected chi connectivity index (χ3v) is 3.25. The van der Waals surface area contributed by atoms with Gasteiger partial charge in [-0.25, -0.2) is 4.79 Å². The van der Waals surface area contributed by atoms with E-state index in [0.717, 1.165) is 19.3 Å². The number of hydrogen-bond acceptors (Lipinski definition) is 2. The number of nitrogens with one attached hydrogen (secondary N) is 2. The van der Waals surface area contributed by atoms with Gasteiger partial charge in [-0.1, -0.05) is 38.8 Å². The first-order valence-corrected chi connectivity index (χ1v) is 7.43. The molecule has 0 saturated carbocycles. The maximum absolute atomic E-state index is 11.7. The number of carbonyl (C=O) groups is 2. The maximum Gasteiger partial charge on any atom is 0.319 e. The van der Waals surface area contributed by atoms with Crippen molar-refractivity contribution in [3.63, 3.8) is 0 Å². The summed E-state index contributed by atoms with van der Waals surface area (Å²) >= 11 is 0. The van der Waals surface area contributed by atoms with Crippen molar-refractivity contribution in [1.29, 1.82) is 0 Å². The number of carboxylic acids is 1. The Balaban J connectivity index is 2.44. The lowest BCUT2D eigenvalue weighted by Gasteiger charge is -2.13. The Hall–Kier alpha value is -2.04. The van der Waals surface area contributed by atoms with Crippen molar-refractivity contribution in [2.75, 3.05) is 11.9 Å². The first-order valence-electron chi connectivity index (χ1n) is 7.43. The van der Waals surface area contributed by atoms with Crippen LogP contribution < -0.4 is 10.6 Å². The Morgan fingerprint density at radius 1 is 1.14 bits per heavy atom. The van der Waals surface area contributed by atoms with Crippen molar-refractivity contribution in [1.82, 2.24) is 5.32 Å². The molecule has 5 heteroatoms. The smallest absolute Gasteiger partial charge is 0.319 e. The van der Waals surface area contributed by atoms with Crippen molar-refractivity contribution in [3.8, 4) is 0 Å². The lowest BCUT2D eigenvalue weighted by molar-refractivity contribution is -0.141. The van der Waals surface area contributed by atoms with Crippen LogP contribution in [0.2, 0.25) is 0 Å². The van der Waals surface area contributed by atoms with Gasteiger partial charge in [0.25, 0.3) is 0 Å². The van der Waals surface area contributed by atoms with Crippen LogP contribution in [0.3, 0.4) is 0 Å². The van der Waals surface area contributed by atoms with Crippen LogP contribution in [-0.2, 0) is 11.2 Å². The summed E-state index contributed by atoms with van der Waals surface area (Å²) in [5.74, 6) is -1.41. The topological polar surface area (TPSA) is 78.4 Å². The van der Waals surface area contributed by atoms with Crippen LogP contribution in [-0.4, -0.2) is 23.7 Å². The van der Waals surface area contributed by atoms with E-state index in [0.29, 0.717) is 12.1 Å². The summed E-state index contributed by atoms with van der Waals surface area (Å²) in [5, 5.41) is 14.3. The molecule has 0 saturated heterocycles. The summed E-state index contributed by atoms with van der Waals surface area (Å²) in [6, 6.07) is 7.30. The lowest BCUT2D eigenvalue weighted by atomic mass is 10.0. The van der Waals surface area contributed by atoms with E-state index in [2.05, 4.69) is 17.6 Å². The van der Waals surface area contributed by atoms with Gasteiger partial charge in [-0.05, 0) is 30.5 Å². The number of aryl methyl sites for hydroxylation is 1. The highest BCUT2D eigenvalue weighted by Crippen LogP contribution is 2.11. The Kier molecular flexibility index (Phi) is 7.29. The maximum atomic E-state index is 11.7. The minimum atomic E-state index is -0.874. The molecule has 0 aliphatic carbocycles. The molecule has 1 aromatic rings. The molecular formula is C16H24N2O3. The molecule has 1 rings (SSSR count). The molecule has 116 valence electrons. The van der Waals surface area contributed by atoms with E-state index in [1.54, 1.807) is 0 Å². The number of anilines is 1. The predicted molar refractivity (Wildman–Crippen MR) is 83.5 cm³/mol. The van der Waals surface area contributed by atoms with E-state index >= 15 is 0 Å². The third-order valence-electron chi connectivity index (χ3n) is 3.25. The number of urea groups is 1. The molecule has 1 aromatic carbocycles. The van der Waals surface area contributed by atoms with Crippen LogP contribution in [0.1, 0.15) is 38.7 Å². The summed E-state index contributed by atoms with van der Waals surface area (Å²) in [4.78, 5) is 22.7. The third kappa shape index (κ3) is 6.29. The van der Waals surface area contributed by atoms with Crippen LogP contribution in [0.5, 0.6) is 0 Å². The van der Waals surface area contributed by atoms with Gasteiger partial charge >= 0.3 is 12.0 Å². The van der Waals surface area contributed by atoms with Gasteiger partial charge in [0.2, 0.25) is 0 Å². The Labute approximate surface area is 125 Å². The van der Waals surface area contributed by atoms with Crippen molar-refractivity contribution < 1.29 is 14.7 Å². The van der Waals surface area contributed by atoms with E-state index in [4.69, 9.17) is 5.11 Å². The zero-order chi connectivity index (χ0) is 15.7. The Morgan fingerprint density at radius 2 is 1.81 bits per heavy atom. The van der Waals surface area contributed by atoms with Gasteiger partial charge < -0.3 is 15.7 Å². The largest absolute Gasteiger partial charge is 0.481 e. The molecule has 0 heterocycles. The van der Waals surface area contributed by atoms with Crippen molar-refractivity contribution in [2.24, 2.45) is 5.92 Å². The lowest BCUT2D eigenvalue weighted by Crippen LogP contribution is -2.35. The molecule has 0 aliphatic heterocycles. The first kappa shape index (κ1) is 17.0. The molecule has 1 unspecified atom stereocenters. The van der Waals surface area contributed by atoms with Crippen LogP contribution in [0, 0.1) is 5.92 Å². The SMILES string of the molecule is CCCc1ccc(NC(=O)NCC(CCC)C(=O)O)cc1. The second-order valence-corrected chi connectivity index (χ2v) is 5.11. The standard InChI is InChI=1S/C16H24N2O3/c1-3-5-12-7-9-14(10-8-12)18-16(21)17-11-13(6-4-2)15(19)20/h7-10,13H,3-6,11H2,1-2H3,(H,19,20)(H2,17,18,21). The number of hydrogen-bond donors (Lipinski definition) is 3. The van der Waals surface area contributed by atoms with Crippen molar-refractivity contribution in [2.45, 2.75) is 39.5 Å². The van der Waals surface area contributed by atoms with Gasteiger partial charge in [0, 0.05) is 12.2 Å². The van der Waals surface area contributed by atoms with Crippen LogP contribution in [0.25, 0.3) is 0 Å². The minimum absolute atomic E-state index is 0.142. The van der Waals surface area contributed by atoms with E-state index in [-0.39, 0.29) is 12.6 Å². The number of benzene rings is 1. The fraction of sp³-hybridized carbons (Fsp3) is 0.500. The molecule has 0 aromatic heterocycles. The predicted octanol–water partition coefficient (Wildman–Crippen LogP) is 3.26. The first-order chi connectivity index (χ1) is 10.1. The zero-order valence-electron chi connectivity index (χ0n) is 12.7. The van der Waals surface area contributed by atoms with E-state index in [1.165, 1.54) is 5.56 Å². The Bertz CT molecular complexity index is 457. The fourth-order valence-corrected chi connectivity index (χ4v) is 2.10. The number of rotatable bonds is 8. The van der Waals surface area contributed by atoms with Crippen molar-refractivity contribution in [3.05, 3.63) is 29.8 Å². The van der Waals surface area contributed by atoms with Crippen LogP contribution in [0.15, 0.2) is 24.3 Å². The molecule has 1 atom stereocenters. The summed E-state index contributed by atoms with van der Waals surface area (Å²) in [5.41, 5.74) is 1.94. The molecule has 0 radical (unpaired) electrons. The van der Waals surface area contributed by atoms with Gasteiger partial charge in [-0.2, -0.15) is 0 Å². The van der Waals surface area contributed by atoms with Gasteiger partial charge in [0.1, 0.15) is 0 Å². The normalized spacial score (nSPS) is 11.7.